The van der Waals surface area contributed by atoms with Crippen molar-refractivity contribution < 1.29 is 13.2 Å². The van der Waals surface area contributed by atoms with Crippen molar-refractivity contribution in [3.8, 4) is 0 Å². The zero-order valence-corrected chi connectivity index (χ0v) is 5.71. The van der Waals surface area contributed by atoms with E-state index < -0.39 is 11.9 Å². The Labute approximate surface area is 57.1 Å². The third kappa shape index (κ3) is 2.61. The minimum atomic E-state index is -4.29. The molecule has 60 valence electrons. The summed E-state index contributed by atoms with van der Waals surface area (Å²) in [6.07, 6.45) is -3.43. The Morgan fingerprint density at radius 1 is 1.30 bits per heavy atom. The van der Waals surface area contributed by atoms with Crippen LogP contribution in [0.1, 0.15) is 0 Å². The van der Waals surface area contributed by atoms with E-state index in [1.807, 2.05) is 5.32 Å². The van der Waals surface area contributed by atoms with Gasteiger partial charge in [0.1, 0.15) is 5.70 Å². The molecule has 0 aliphatic heterocycles. The number of rotatable bonds is 2. The van der Waals surface area contributed by atoms with Gasteiger partial charge < -0.3 is 10.6 Å². The first-order valence-electron chi connectivity index (χ1n) is 2.64. The highest BCUT2D eigenvalue weighted by Gasteiger charge is 2.32. The Balaban J connectivity index is 4.21. The van der Waals surface area contributed by atoms with Crippen molar-refractivity contribution >= 4 is 0 Å². The van der Waals surface area contributed by atoms with Crippen LogP contribution in [-0.2, 0) is 0 Å². The summed E-state index contributed by atoms with van der Waals surface area (Å²) in [4.78, 5) is 0. The van der Waals surface area contributed by atoms with Crippen LogP contribution in [0.3, 0.4) is 0 Å². The average molecular weight is 154 g/mol. The molecule has 0 amide bonds. The van der Waals surface area contributed by atoms with Crippen LogP contribution >= 0.6 is 0 Å². The van der Waals surface area contributed by atoms with Gasteiger partial charge in [0.15, 0.2) is 0 Å². The predicted octanol–water partition coefficient (Wildman–Crippen LogP) is 0.829. The molecule has 0 bridgehead atoms. The second-order valence-electron chi connectivity index (χ2n) is 1.59. The highest BCUT2D eigenvalue weighted by molar-refractivity contribution is 5.03. The van der Waals surface area contributed by atoms with E-state index in [1.54, 1.807) is 0 Å². The predicted molar refractivity (Wildman–Crippen MR) is 32.3 cm³/mol. The zero-order chi connectivity index (χ0) is 8.20. The fourth-order valence-corrected chi connectivity index (χ4v) is 0.440. The molecule has 10 heavy (non-hydrogen) atoms. The number of hydrogen-bond acceptors (Lipinski definition) is 2. The van der Waals surface area contributed by atoms with E-state index in [9.17, 15) is 13.2 Å². The van der Waals surface area contributed by atoms with Crippen molar-refractivity contribution in [1.82, 2.24) is 10.6 Å². The minimum absolute atomic E-state index is 0.782. The van der Waals surface area contributed by atoms with E-state index in [2.05, 4.69) is 5.32 Å². The van der Waals surface area contributed by atoms with Crippen LogP contribution in [0.25, 0.3) is 0 Å². The van der Waals surface area contributed by atoms with Crippen molar-refractivity contribution in [2.24, 2.45) is 0 Å². The van der Waals surface area contributed by atoms with Gasteiger partial charge in [0.25, 0.3) is 0 Å². The maximum Gasteiger partial charge on any atom is 0.432 e. The Kier molecular flexibility index (Phi) is 3.05. The molecule has 0 heterocycles. The smallest absolute Gasteiger partial charge is 0.392 e. The summed E-state index contributed by atoms with van der Waals surface area (Å²) in [7, 11) is 2.62. The van der Waals surface area contributed by atoms with Crippen molar-refractivity contribution in [1.29, 1.82) is 0 Å². The molecule has 0 radical (unpaired) electrons. The first-order chi connectivity index (χ1) is 4.52. The first-order valence-corrected chi connectivity index (χ1v) is 2.64. The van der Waals surface area contributed by atoms with Crippen LogP contribution in [0.15, 0.2) is 11.9 Å². The van der Waals surface area contributed by atoms with Crippen LogP contribution in [0.2, 0.25) is 0 Å². The third-order valence-electron chi connectivity index (χ3n) is 0.863. The van der Waals surface area contributed by atoms with Crippen LogP contribution in [0.5, 0.6) is 0 Å². The van der Waals surface area contributed by atoms with Gasteiger partial charge in [0.05, 0.1) is 0 Å². The second kappa shape index (κ2) is 3.34. The molecule has 0 fully saturated rings. The van der Waals surface area contributed by atoms with E-state index in [-0.39, 0.29) is 0 Å². The maximum absolute atomic E-state index is 11.7. The Morgan fingerprint density at radius 3 is 1.90 bits per heavy atom. The molecule has 0 unspecified atom stereocenters. The molecule has 0 atom stereocenters. The van der Waals surface area contributed by atoms with Crippen LogP contribution in [0.4, 0.5) is 13.2 Å². The third-order valence-corrected chi connectivity index (χ3v) is 0.863. The Morgan fingerprint density at radius 2 is 1.80 bits per heavy atom. The molecule has 0 aliphatic rings. The summed E-state index contributed by atoms with van der Waals surface area (Å²) in [6.45, 7) is 0. The van der Waals surface area contributed by atoms with Crippen LogP contribution < -0.4 is 10.6 Å². The van der Waals surface area contributed by atoms with Gasteiger partial charge in [-0.05, 0) is 0 Å². The quantitative estimate of drug-likeness (QED) is 0.615. The molecule has 0 saturated carbocycles. The van der Waals surface area contributed by atoms with Crippen molar-refractivity contribution in [3.63, 3.8) is 0 Å². The van der Waals surface area contributed by atoms with Crippen LogP contribution in [0, 0.1) is 0 Å². The van der Waals surface area contributed by atoms with Crippen molar-refractivity contribution in [2.75, 3.05) is 14.1 Å². The van der Waals surface area contributed by atoms with Gasteiger partial charge in [0, 0.05) is 20.3 Å². The standard InChI is InChI=1S/C5H9F3N2/c1-9-3-4(10-2)5(6,7)8/h3,9-10H,1-2H3/b4-3-. The molecule has 0 saturated heterocycles. The topological polar surface area (TPSA) is 24.1 Å². The number of halogens is 3. The SMILES string of the molecule is CN/C=C(\NC)C(F)(F)F. The molecule has 0 spiro atoms. The molecule has 0 rings (SSSR count). The molecule has 0 aromatic rings. The van der Waals surface area contributed by atoms with E-state index in [1.165, 1.54) is 14.1 Å². The second-order valence-corrected chi connectivity index (χ2v) is 1.59. The monoisotopic (exact) mass is 154 g/mol. The van der Waals surface area contributed by atoms with E-state index in [0.29, 0.717) is 0 Å². The molecule has 0 aromatic heterocycles. The lowest BCUT2D eigenvalue weighted by Crippen LogP contribution is -2.24. The van der Waals surface area contributed by atoms with Gasteiger partial charge in [-0.25, -0.2) is 0 Å². The maximum atomic E-state index is 11.7. The van der Waals surface area contributed by atoms with Gasteiger partial charge in [-0.1, -0.05) is 0 Å². The number of allylic oxidation sites excluding steroid dienone is 1. The Bertz CT molecular complexity index is 127. The summed E-state index contributed by atoms with van der Waals surface area (Å²) < 4.78 is 35.2. The lowest BCUT2D eigenvalue weighted by molar-refractivity contribution is -0.0963. The summed E-state index contributed by atoms with van der Waals surface area (Å²) in [5.41, 5.74) is -0.782. The molecule has 5 heteroatoms. The summed E-state index contributed by atoms with van der Waals surface area (Å²) in [6, 6.07) is 0. The van der Waals surface area contributed by atoms with Gasteiger partial charge in [-0.2, -0.15) is 13.2 Å². The fourth-order valence-electron chi connectivity index (χ4n) is 0.440. The molecule has 0 aliphatic carbocycles. The van der Waals surface area contributed by atoms with E-state index in [0.717, 1.165) is 6.20 Å². The van der Waals surface area contributed by atoms with E-state index in [4.69, 9.17) is 0 Å². The molecular formula is C5H9F3N2. The first kappa shape index (κ1) is 9.13. The minimum Gasteiger partial charge on any atom is -0.392 e. The van der Waals surface area contributed by atoms with Gasteiger partial charge in [-0.3, -0.25) is 0 Å². The van der Waals surface area contributed by atoms with Gasteiger partial charge in [-0.15, -0.1) is 0 Å². The Hall–Kier alpha value is -0.870. The lowest BCUT2D eigenvalue weighted by atomic mass is 10.4. The summed E-state index contributed by atoms with van der Waals surface area (Å²) in [5.74, 6) is 0. The highest BCUT2D eigenvalue weighted by atomic mass is 19.4. The average Bonchev–Trinajstić information content (AvgIpc) is 1.80. The highest BCUT2D eigenvalue weighted by Crippen LogP contribution is 2.21. The normalized spacial score (nSPS) is 13.1. The molecular weight excluding hydrogens is 145 g/mol. The van der Waals surface area contributed by atoms with Crippen molar-refractivity contribution in [2.45, 2.75) is 6.18 Å². The molecule has 2 nitrogen and oxygen atoms in total. The lowest BCUT2D eigenvalue weighted by Gasteiger charge is -2.09. The number of nitrogens with one attached hydrogen (secondary N) is 2. The number of alkyl halides is 3. The van der Waals surface area contributed by atoms with Crippen molar-refractivity contribution in [3.05, 3.63) is 11.9 Å². The van der Waals surface area contributed by atoms with Crippen LogP contribution in [-0.4, -0.2) is 20.3 Å². The largest absolute Gasteiger partial charge is 0.432 e. The molecule has 0 aromatic carbocycles. The molecule has 2 N–H and O–H groups in total. The fraction of sp³-hybridized carbons (Fsp3) is 0.600. The summed E-state index contributed by atoms with van der Waals surface area (Å²) >= 11 is 0. The van der Waals surface area contributed by atoms with Gasteiger partial charge in [0.2, 0.25) is 0 Å². The summed E-state index contributed by atoms with van der Waals surface area (Å²) in [5, 5.41) is 4.30. The van der Waals surface area contributed by atoms with Gasteiger partial charge >= 0.3 is 6.18 Å². The zero-order valence-electron chi connectivity index (χ0n) is 5.71. The van der Waals surface area contributed by atoms with E-state index >= 15 is 0 Å². The number of hydrogen-bond donors (Lipinski definition) is 2.